The number of aromatic nitrogens is 2. The number of carbonyl (C=O) groups excluding carboxylic acids is 1. The maximum Gasteiger partial charge on any atom is 0.278 e. The maximum atomic E-state index is 12.6. The van der Waals surface area contributed by atoms with Crippen LogP contribution in [0, 0.1) is 6.92 Å². The minimum absolute atomic E-state index is 0.282. The molecule has 6 heteroatoms. The number of hydrogen-bond acceptors (Lipinski definition) is 3. The molecule has 6 nitrogen and oxygen atoms in total. The molecule has 0 atom stereocenters. The van der Waals surface area contributed by atoms with Gasteiger partial charge in [0.05, 0.1) is 12.0 Å². The Morgan fingerprint density at radius 1 is 1.03 bits per heavy atom. The number of nitrogens with one attached hydrogen (secondary N) is 2. The van der Waals surface area contributed by atoms with E-state index in [0.29, 0.717) is 12.1 Å². The third-order valence-electron chi connectivity index (χ3n) is 5.04. The van der Waals surface area contributed by atoms with Crippen LogP contribution in [0.2, 0.25) is 0 Å². The number of amides is 1. The topological polar surface area (TPSA) is 73.4 Å². The molecule has 0 saturated carbocycles. The number of aliphatic imine (C=N–C) groups is 1. The second-order valence-electron chi connectivity index (χ2n) is 7.44. The third-order valence-corrected chi connectivity index (χ3v) is 5.04. The van der Waals surface area contributed by atoms with E-state index >= 15 is 0 Å². The normalized spacial score (nSPS) is 11.0. The predicted molar refractivity (Wildman–Crippen MR) is 129 cm³/mol. The molecule has 4 rings (SSSR count). The lowest BCUT2D eigenvalue weighted by molar-refractivity contribution is 0.100. The molecule has 160 valence electrons. The number of nitrogens with zero attached hydrogens (tertiary/aromatic N) is 3. The van der Waals surface area contributed by atoms with E-state index in [1.54, 1.807) is 23.6 Å². The van der Waals surface area contributed by atoms with Gasteiger partial charge in [-0.05, 0) is 42.3 Å². The second kappa shape index (κ2) is 10.3. The Labute approximate surface area is 187 Å². The fourth-order valence-corrected chi connectivity index (χ4v) is 3.34. The van der Waals surface area contributed by atoms with Gasteiger partial charge in [0.2, 0.25) is 0 Å². The van der Waals surface area contributed by atoms with Crippen LogP contribution in [-0.2, 0) is 6.42 Å². The highest BCUT2D eigenvalue weighted by atomic mass is 16.1. The van der Waals surface area contributed by atoms with Crippen LogP contribution >= 0.6 is 0 Å². The Morgan fingerprint density at radius 3 is 2.53 bits per heavy atom. The summed E-state index contributed by atoms with van der Waals surface area (Å²) in [7, 11) is 0. The molecule has 1 aromatic heterocycles. The summed E-state index contributed by atoms with van der Waals surface area (Å²) in [6, 6.07) is 25.8. The maximum absolute atomic E-state index is 12.6. The minimum Gasteiger partial charge on any atom is -0.348 e. The van der Waals surface area contributed by atoms with Crippen molar-refractivity contribution in [2.45, 2.75) is 13.3 Å². The van der Waals surface area contributed by atoms with Gasteiger partial charge < -0.3 is 4.98 Å². The molecule has 32 heavy (non-hydrogen) atoms. The summed E-state index contributed by atoms with van der Waals surface area (Å²) < 4.78 is 0. The molecule has 0 aliphatic carbocycles. The Morgan fingerprint density at radius 2 is 1.81 bits per heavy atom. The van der Waals surface area contributed by atoms with Crippen molar-refractivity contribution in [3.63, 3.8) is 0 Å². The molecule has 1 amide bonds. The van der Waals surface area contributed by atoms with Crippen molar-refractivity contribution in [3.05, 3.63) is 108 Å². The summed E-state index contributed by atoms with van der Waals surface area (Å²) in [5.74, 6) is -0.282. The molecular weight excluding hydrogens is 398 g/mol. The van der Waals surface area contributed by atoms with Gasteiger partial charge >= 0.3 is 0 Å². The number of anilines is 1. The lowest BCUT2D eigenvalue weighted by Crippen LogP contribution is -2.38. The summed E-state index contributed by atoms with van der Waals surface area (Å²) in [5, 5.41) is 1.78. The molecule has 2 N–H and O–H groups in total. The number of rotatable bonds is 8. The molecule has 0 unspecified atom stereocenters. The first-order chi connectivity index (χ1) is 15.7. The standard InChI is InChI=1S/C26H25N5O/c1-20-6-5-9-23(16-20)26(32)29-19-31(30-15-14-24-17-27-18-28-24)25-12-10-22(11-13-25)21-7-3-2-4-8-21/h2-13,16-19,30H,14-15H2,1H3,(H,27,28). The van der Waals surface area contributed by atoms with Crippen LogP contribution in [0.15, 0.2) is 96.4 Å². The molecule has 4 aromatic rings. The first-order valence-electron chi connectivity index (χ1n) is 10.5. The summed E-state index contributed by atoms with van der Waals surface area (Å²) in [4.78, 5) is 23.9. The van der Waals surface area contributed by atoms with Crippen LogP contribution in [0.4, 0.5) is 5.69 Å². The number of benzene rings is 3. The van der Waals surface area contributed by atoms with Crippen LogP contribution in [0.5, 0.6) is 0 Å². The summed E-state index contributed by atoms with van der Waals surface area (Å²) in [5.41, 5.74) is 9.12. The van der Waals surface area contributed by atoms with Crippen LogP contribution in [-0.4, -0.2) is 28.8 Å². The first-order valence-corrected chi connectivity index (χ1v) is 10.5. The highest BCUT2D eigenvalue weighted by molar-refractivity contribution is 6.00. The summed E-state index contributed by atoms with van der Waals surface area (Å²) in [6.45, 7) is 2.60. The Kier molecular flexibility index (Phi) is 6.84. The van der Waals surface area contributed by atoms with Gasteiger partial charge in [0, 0.05) is 30.4 Å². The zero-order valence-corrected chi connectivity index (χ0v) is 17.9. The fraction of sp³-hybridized carbons (Fsp3) is 0.115. The van der Waals surface area contributed by atoms with Crippen molar-refractivity contribution in [3.8, 4) is 11.1 Å². The number of imidazole rings is 1. The number of hydrogen-bond donors (Lipinski definition) is 2. The van der Waals surface area contributed by atoms with Crippen molar-refractivity contribution in [1.82, 2.24) is 15.4 Å². The molecular formula is C26H25N5O. The SMILES string of the molecule is Cc1cccc(C(=O)N=CN(NCCc2cnc[nH]2)c2ccc(-c3ccccc3)cc2)c1. The van der Waals surface area contributed by atoms with Gasteiger partial charge in [0.25, 0.3) is 5.91 Å². The van der Waals surface area contributed by atoms with Gasteiger partial charge in [0.1, 0.15) is 6.34 Å². The molecule has 0 fully saturated rings. The van der Waals surface area contributed by atoms with Crippen molar-refractivity contribution < 1.29 is 4.79 Å². The van der Waals surface area contributed by atoms with E-state index in [9.17, 15) is 4.79 Å². The molecule has 0 bridgehead atoms. The average Bonchev–Trinajstić information content (AvgIpc) is 3.35. The number of aryl methyl sites for hydroxylation is 1. The van der Waals surface area contributed by atoms with E-state index in [0.717, 1.165) is 34.5 Å². The smallest absolute Gasteiger partial charge is 0.278 e. The second-order valence-corrected chi connectivity index (χ2v) is 7.44. The quantitative estimate of drug-likeness (QED) is 0.242. The molecule has 3 aromatic carbocycles. The molecule has 0 aliphatic rings. The van der Waals surface area contributed by atoms with Gasteiger partial charge in [-0.1, -0.05) is 60.2 Å². The van der Waals surface area contributed by atoms with E-state index in [1.807, 2.05) is 55.5 Å². The fourth-order valence-electron chi connectivity index (χ4n) is 3.34. The van der Waals surface area contributed by atoms with Crippen LogP contribution in [0.1, 0.15) is 21.6 Å². The average molecular weight is 424 g/mol. The van der Waals surface area contributed by atoms with E-state index < -0.39 is 0 Å². The molecule has 0 saturated heterocycles. The third kappa shape index (κ3) is 5.56. The molecule has 0 aliphatic heterocycles. The number of carbonyl (C=O) groups is 1. The van der Waals surface area contributed by atoms with E-state index in [1.165, 1.54) is 6.34 Å². The zero-order valence-electron chi connectivity index (χ0n) is 17.9. The van der Waals surface area contributed by atoms with Gasteiger partial charge in [-0.25, -0.2) is 10.4 Å². The number of H-pyrrole nitrogens is 1. The molecule has 0 radical (unpaired) electrons. The van der Waals surface area contributed by atoms with Crippen molar-refractivity contribution in [2.24, 2.45) is 4.99 Å². The lowest BCUT2D eigenvalue weighted by atomic mass is 10.1. The van der Waals surface area contributed by atoms with Crippen LogP contribution < -0.4 is 10.4 Å². The predicted octanol–water partition coefficient (Wildman–Crippen LogP) is 4.81. The van der Waals surface area contributed by atoms with Crippen molar-refractivity contribution in [1.29, 1.82) is 0 Å². The molecule has 0 spiro atoms. The number of hydrazine groups is 1. The first kappa shape index (κ1) is 21.2. The zero-order chi connectivity index (χ0) is 22.2. The highest BCUT2D eigenvalue weighted by Gasteiger charge is 2.08. The summed E-state index contributed by atoms with van der Waals surface area (Å²) >= 11 is 0. The Balaban J connectivity index is 1.51. The lowest BCUT2D eigenvalue weighted by Gasteiger charge is -2.21. The Bertz CT molecular complexity index is 1170. The van der Waals surface area contributed by atoms with Gasteiger partial charge in [0.15, 0.2) is 0 Å². The molecule has 1 heterocycles. The van der Waals surface area contributed by atoms with Crippen molar-refractivity contribution in [2.75, 3.05) is 11.6 Å². The van der Waals surface area contributed by atoms with Gasteiger partial charge in [-0.2, -0.15) is 4.99 Å². The van der Waals surface area contributed by atoms with Crippen LogP contribution in [0.25, 0.3) is 11.1 Å². The van der Waals surface area contributed by atoms with E-state index in [2.05, 4.69) is 44.7 Å². The van der Waals surface area contributed by atoms with Gasteiger partial charge in [-0.15, -0.1) is 0 Å². The monoisotopic (exact) mass is 423 g/mol. The van der Waals surface area contributed by atoms with Crippen molar-refractivity contribution >= 4 is 17.9 Å². The van der Waals surface area contributed by atoms with Crippen LogP contribution in [0.3, 0.4) is 0 Å². The van der Waals surface area contributed by atoms with E-state index in [-0.39, 0.29) is 5.91 Å². The highest BCUT2D eigenvalue weighted by Crippen LogP contribution is 2.22. The minimum atomic E-state index is -0.282. The van der Waals surface area contributed by atoms with Gasteiger partial charge in [-0.3, -0.25) is 9.80 Å². The largest absolute Gasteiger partial charge is 0.348 e. The summed E-state index contributed by atoms with van der Waals surface area (Å²) in [6.07, 6.45) is 5.76. The van der Waals surface area contributed by atoms with E-state index in [4.69, 9.17) is 0 Å². The Hall–Kier alpha value is -4.03. The number of aromatic amines is 1.